The molecule has 0 atom stereocenters. The van der Waals surface area contributed by atoms with E-state index in [1.54, 1.807) is 28.6 Å². The molecule has 0 aromatic heterocycles. The van der Waals surface area contributed by atoms with Crippen molar-refractivity contribution in [3.63, 3.8) is 0 Å². The van der Waals surface area contributed by atoms with Gasteiger partial charge >= 0.3 is 0 Å². The molecule has 2 heterocycles. The van der Waals surface area contributed by atoms with E-state index in [4.69, 9.17) is 4.74 Å². The second-order valence-electron chi connectivity index (χ2n) is 10.1. The van der Waals surface area contributed by atoms with E-state index in [2.05, 4.69) is 39.4 Å². The number of sulfonamides is 1. The lowest BCUT2D eigenvalue weighted by Crippen LogP contribution is -2.48. The molecular formula is C30H36N4O4S. The Hall–Kier alpha value is -3.08. The van der Waals surface area contributed by atoms with E-state index in [0.29, 0.717) is 43.2 Å². The van der Waals surface area contributed by atoms with E-state index in [-0.39, 0.29) is 5.91 Å². The zero-order chi connectivity index (χ0) is 27.1. The molecule has 2 fully saturated rings. The van der Waals surface area contributed by atoms with E-state index < -0.39 is 10.0 Å². The molecule has 206 valence electrons. The number of nitrogens with one attached hydrogen (secondary N) is 1. The largest absolute Gasteiger partial charge is 0.379 e. The lowest BCUT2D eigenvalue weighted by atomic mass is 10.1. The van der Waals surface area contributed by atoms with Crippen LogP contribution >= 0.6 is 0 Å². The summed E-state index contributed by atoms with van der Waals surface area (Å²) in [6.45, 7) is 7.90. The highest BCUT2D eigenvalue weighted by Gasteiger charge is 2.28. The Kier molecular flexibility index (Phi) is 9.06. The summed E-state index contributed by atoms with van der Waals surface area (Å²) in [5.74, 6) is -0.0984. The summed E-state index contributed by atoms with van der Waals surface area (Å²) >= 11 is 0. The number of benzene rings is 3. The first-order valence-corrected chi connectivity index (χ1v) is 14.9. The third-order valence-electron chi connectivity index (χ3n) is 7.32. The Balaban J connectivity index is 1.06. The molecule has 0 radical (unpaired) electrons. The second-order valence-corrected chi connectivity index (χ2v) is 12.0. The van der Waals surface area contributed by atoms with Gasteiger partial charge in [-0.15, -0.1) is 0 Å². The van der Waals surface area contributed by atoms with Gasteiger partial charge in [0.15, 0.2) is 0 Å². The zero-order valence-corrected chi connectivity index (χ0v) is 23.0. The molecule has 2 aliphatic rings. The molecule has 0 spiro atoms. The van der Waals surface area contributed by atoms with Crippen LogP contribution in [0.1, 0.15) is 27.0 Å². The first-order chi connectivity index (χ1) is 19.0. The van der Waals surface area contributed by atoms with E-state index >= 15 is 0 Å². The predicted molar refractivity (Wildman–Crippen MR) is 151 cm³/mol. The van der Waals surface area contributed by atoms with E-state index in [1.807, 2.05) is 30.3 Å². The Morgan fingerprint density at radius 3 is 1.85 bits per heavy atom. The fraction of sp³-hybridized carbons (Fsp3) is 0.367. The van der Waals surface area contributed by atoms with Crippen LogP contribution in [0.25, 0.3) is 0 Å². The van der Waals surface area contributed by atoms with Crippen molar-refractivity contribution in [2.45, 2.75) is 24.5 Å². The average Bonchev–Trinajstić information content (AvgIpc) is 2.98. The van der Waals surface area contributed by atoms with Gasteiger partial charge in [0.05, 0.1) is 18.1 Å². The maximum Gasteiger partial charge on any atom is 0.251 e. The molecule has 0 unspecified atom stereocenters. The molecular weight excluding hydrogens is 512 g/mol. The van der Waals surface area contributed by atoms with Crippen molar-refractivity contribution < 1.29 is 17.9 Å². The molecule has 39 heavy (non-hydrogen) atoms. The van der Waals surface area contributed by atoms with Crippen molar-refractivity contribution in [2.24, 2.45) is 0 Å². The summed E-state index contributed by atoms with van der Waals surface area (Å²) in [4.78, 5) is 17.7. The fourth-order valence-electron chi connectivity index (χ4n) is 4.95. The first kappa shape index (κ1) is 27.5. The number of carbonyl (C=O) groups excluding carboxylic acids is 1. The van der Waals surface area contributed by atoms with Crippen molar-refractivity contribution in [1.29, 1.82) is 0 Å². The lowest BCUT2D eigenvalue weighted by molar-refractivity contribution is 0.0342. The molecule has 0 saturated carbocycles. The molecule has 3 aromatic rings. The molecule has 2 aliphatic heterocycles. The van der Waals surface area contributed by atoms with Crippen LogP contribution in [0.5, 0.6) is 0 Å². The van der Waals surface area contributed by atoms with Crippen LogP contribution < -0.4 is 5.32 Å². The normalized spacial score (nSPS) is 17.6. The van der Waals surface area contributed by atoms with Gasteiger partial charge in [0.25, 0.3) is 5.91 Å². The van der Waals surface area contributed by atoms with Crippen molar-refractivity contribution in [3.8, 4) is 0 Å². The number of hydrogen-bond donors (Lipinski definition) is 1. The minimum atomic E-state index is -3.45. The average molecular weight is 549 g/mol. The van der Waals surface area contributed by atoms with Gasteiger partial charge in [-0.2, -0.15) is 4.31 Å². The number of morpholine rings is 1. The van der Waals surface area contributed by atoms with Gasteiger partial charge in [-0.05, 0) is 41.0 Å². The van der Waals surface area contributed by atoms with Crippen LogP contribution in [-0.2, 0) is 34.4 Å². The SMILES string of the molecule is O=C(NCc1ccc(CN2CCOCC2)cc1)c1ccc(CN2CCN(S(=O)(=O)c3ccccc3)CC2)cc1. The highest BCUT2D eigenvalue weighted by atomic mass is 32.2. The summed E-state index contributed by atoms with van der Waals surface area (Å²) < 4.78 is 32.7. The van der Waals surface area contributed by atoms with Gasteiger partial charge in [0.2, 0.25) is 10.0 Å². The number of rotatable bonds is 9. The molecule has 8 nitrogen and oxygen atoms in total. The number of carbonyl (C=O) groups is 1. The van der Waals surface area contributed by atoms with Gasteiger partial charge in [-0.1, -0.05) is 54.6 Å². The van der Waals surface area contributed by atoms with Gasteiger partial charge < -0.3 is 10.1 Å². The Bertz CT molecular complexity index is 1320. The number of nitrogens with zero attached hydrogens (tertiary/aromatic N) is 3. The molecule has 9 heteroatoms. The molecule has 0 aliphatic carbocycles. The van der Waals surface area contributed by atoms with Gasteiger partial charge in [0.1, 0.15) is 0 Å². The topological polar surface area (TPSA) is 82.2 Å². The molecule has 0 bridgehead atoms. The Morgan fingerprint density at radius 1 is 0.692 bits per heavy atom. The Labute approximate surface area is 231 Å². The molecule has 3 aromatic carbocycles. The fourth-order valence-corrected chi connectivity index (χ4v) is 6.40. The van der Waals surface area contributed by atoms with Crippen molar-refractivity contribution in [3.05, 3.63) is 101 Å². The van der Waals surface area contributed by atoms with Crippen LogP contribution in [0.2, 0.25) is 0 Å². The second kappa shape index (κ2) is 12.8. The van der Waals surface area contributed by atoms with Crippen LogP contribution in [0.4, 0.5) is 0 Å². The van der Waals surface area contributed by atoms with Crippen LogP contribution in [-0.4, -0.2) is 80.9 Å². The minimum Gasteiger partial charge on any atom is -0.379 e. The highest BCUT2D eigenvalue weighted by molar-refractivity contribution is 7.89. The number of piperazine rings is 1. The highest BCUT2D eigenvalue weighted by Crippen LogP contribution is 2.18. The third-order valence-corrected chi connectivity index (χ3v) is 9.23. The number of hydrogen-bond acceptors (Lipinski definition) is 6. The number of amides is 1. The van der Waals surface area contributed by atoms with Crippen LogP contribution in [0.3, 0.4) is 0 Å². The maximum atomic E-state index is 12.8. The Morgan fingerprint density at radius 2 is 1.23 bits per heavy atom. The number of ether oxygens (including phenoxy) is 1. The summed E-state index contributed by atoms with van der Waals surface area (Å²) in [6.07, 6.45) is 0. The quantitative estimate of drug-likeness (QED) is 0.443. The van der Waals surface area contributed by atoms with E-state index in [1.165, 1.54) is 5.56 Å². The summed E-state index contributed by atoms with van der Waals surface area (Å²) in [5.41, 5.74) is 4.06. The van der Waals surface area contributed by atoms with Gasteiger partial charge in [0, 0.05) is 64.5 Å². The first-order valence-electron chi connectivity index (χ1n) is 13.5. The molecule has 1 N–H and O–H groups in total. The lowest BCUT2D eigenvalue weighted by Gasteiger charge is -2.34. The third kappa shape index (κ3) is 7.32. The van der Waals surface area contributed by atoms with Crippen LogP contribution in [0.15, 0.2) is 83.8 Å². The maximum absolute atomic E-state index is 12.8. The molecule has 5 rings (SSSR count). The van der Waals surface area contributed by atoms with Crippen molar-refractivity contribution >= 4 is 15.9 Å². The molecule has 1 amide bonds. The van der Waals surface area contributed by atoms with E-state index in [0.717, 1.165) is 50.5 Å². The van der Waals surface area contributed by atoms with Gasteiger partial charge in [-0.3, -0.25) is 14.6 Å². The van der Waals surface area contributed by atoms with Crippen molar-refractivity contribution in [2.75, 3.05) is 52.5 Å². The van der Waals surface area contributed by atoms with Gasteiger partial charge in [-0.25, -0.2) is 8.42 Å². The van der Waals surface area contributed by atoms with Crippen LogP contribution in [0, 0.1) is 0 Å². The van der Waals surface area contributed by atoms with Crippen molar-refractivity contribution in [1.82, 2.24) is 19.4 Å². The predicted octanol–water partition coefficient (Wildman–Crippen LogP) is 2.96. The summed E-state index contributed by atoms with van der Waals surface area (Å²) in [6, 6.07) is 24.7. The zero-order valence-electron chi connectivity index (χ0n) is 22.2. The smallest absolute Gasteiger partial charge is 0.251 e. The minimum absolute atomic E-state index is 0.0984. The molecule has 2 saturated heterocycles. The monoisotopic (exact) mass is 548 g/mol. The summed E-state index contributed by atoms with van der Waals surface area (Å²) in [5, 5.41) is 3.01. The summed E-state index contributed by atoms with van der Waals surface area (Å²) in [7, 11) is -3.45. The standard InChI is InChI=1S/C30H36N4O4S/c35-30(31-22-25-6-8-26(9-7-25)24-33-18-20-38-21-19-33)28-12-10-27(11-13-28)23-32-14-16-34(17-15-32)39(36,37)29-4-2-1-3-5-29/h1-13H,14-24H2,(H,31,35). The van der Waals surface area contributed by atoms with E-state index in [9.17, 15) is 13.2 Å².